The first-order valence-corrected chi connectivity index (χ1v) is 14.8. The van der Waals surface area contributed by atoms with E-state index in [0.717, 1.165) is 0 Å². The molecule has 224 valence electrons. The third-order valence-corrected chi connectivity index (χ3v) is 9.15. The standard InChI is InChI=1S/C34H32F2O6S/c1-39-27-13-9-25(10-14-27)33(19-7-23-5-17-29(35)31(21-23)41-3)43(37,38)34(26-11-15-28(40-2)16-12-26)20-8-24-6-18-30(36)32(22-24)42-4/h5-22,33-34H,1-4H3/b19-7+,20-8+. The number of methoxy groups -OCH3 is 4. The lowest BCUT2D eigenvalue weighted by Crippen LogP contribution is -2.19. The van der Waals surface area contributed by atoms with Crippen LogP contribution < -0.4 is 18.9 Å². The van der Waals surface area contributed by atoms with Gasteiger partial charge >= 0.3 is 0 Å². The Morgan fingerprint density at radius 1 is 0.558 bits per heavy atom. The molecule has 4 aromatic carbocycles. The molecule has 0 aromatic heterocycles. The monoisotopic (exact) mass is 606 g/mol. The molecule has 0 aliphatic heterocycles. The lowest BCUT2D eigenvalue weighted by atomic mass is 10.1. The topological polar surface area (TPSA) is 71.1 Å². The van der Waals surface area contributed by atoms with Crippen molar-refractivity contribution in [3.8, 4) is 23.0 Å². The van der Waals surface area contributed by atoms with E-state index in [1.807, 2.05) is 0 Å². The second-order valence-electron chi connectivity index (χ2n) is 9.48. The molecule has 2 unspecified atom stereocenters. The van der Waals surface area contributed by atoms with Crippen molar-refractivity contribution in [3.05, 3.63) is 131 Å². The molecule has 0 saturated carbocycles. The predicted molar refractivity (Wildman–Crippen MR) is 164 cm³/mol. The molecule has 43 heavy (non-hydrogen) atoms. The van der Waals surface area contributed by atoms with Crippen molar-refractivity contribution in [1.82, 2.24) is 0 Å². The Morgan fingerprint density at radius 3 is 1.26 bits per heavy atom. The van der Waals surface area contributed by atoms with Crippen LogP contribution in [0, 0.1) is 11.6 Å². The minimum absolute atomic E-state index is 0.0415. The molecule has 0 spiro atoms. The van der Waals surface area contributed by atoms with Crippen LogP contribution in [0.2, 0.25) is 0 Å². The molecule has 2 atom stereocenters. The number of sulfone groups is 1. The van der Waals surface area contributed by atoms with Gasteiger partial charge in [-0.15, -0.1) is 0 Å². The van der Waals surface area contributed by atoms with Gasteiger partial charge in [-0.3, -0.25) is 0 Å². The third kappa shape index (κ3) is 7.42. The maximum atomic E-state index is 14.6. The van der Waals surface area contributed by atoms with Gasteiger partial charge in [-0.2, -0.15) is 0 Å². The fourth-order valence-electron chi connectivity index (χ4n) is 4.52. The first-order chi connectivity index (χ1) is 20.7. The van der Waals surface area contributed by atoms with E-state index in [1.54, 1.807) is 72.8 Å². The number of hydrogen-bond acceptors (Lipinski definition) is 6. The van der Waals surface area contributed by atoms with Crippen LogP contribution in [0.15, 0.2) is 97.1 Å². The van der Waals surface area contributed by atoms with Crippen LogP contribution >= 0.6 is 0 Å². The SMILES string of the molecule is COc1ccc(C(/C=C/c2ccc(F)c(OC)c2)S(=O)(=O)C(/C=C/c2ccc(F)c(OC)c2)c2ccc(OC)cc2)cc1. The number of halogens is 2. The molecule has 0 heterocycles. The molecule has 0 N–H and O–H groups in total. The maximum Gasteiger partial charge on any atom is 0.171 e. The van der Waals surface area contributed by atoms with Crippen LogP contribution in [0.1, 0.15) is 32.8 Å². The van der Waals surface area contributed by atoms with E-state index in [1.165, 1.54) is 64.8 Å². The summed E-state index contributed by atoms with van der Waals surface area (Å²) in [6.07, 6.45) is 6.37. The van der Waals surface area contributed by atoms with Crippen LogP contribution in [0.4, 0.5) is 8.78 Å². The van der Waals surface area contributed by atoms with E-state index >= 15 is 0 Å². The zero-order valence-corrected chi connectivity index (χ0v) is 25.0. The molecule has 9 heteroatoms. The largest absolute Gasteiger partial charge is 0.497 e. The van der Waals surface area contributed by atoms with E-state index in [0.29, 0.717) is 33.8 Å². The molecule has 6 nitrogen and oxygen atoms in total. The summed E-state index contributed by atoms with van der Waals surface area (Å²) in [7, 11) is 1.71. The summed E-state index contributed by atoms with van der Waals surface area (Å²) in [6.45, 7) is 0. The van der Waals surface area contributed by atoms with Crippen molar-refractivity contribution in [2.45, 2.75) is 10.5 Å². The normalized spacial score (nSPS) is 13.2. The molecule has 0 saturated heterocycles. The van der Waals surface area contributed by atoms with Crippen LogP contribution in [-0.4, -0.2) is 36.9 Å². The first-order valence-electron chi connectivity index (χ1n) is 13.2. The van der Waals surface area contributed by atoms with Gasteiger partial charge in [-0.25, -0.2) is 17.2 Å². The number of ether oxygens (including phenoxy) is 4. The fourth-order valence-corrected chi connectivity index (χ4v) is 6.51. The summed E-state index contributed by atoms with van der Waals surface area (Å²) >= 11 is 0. The van der Waals surface area contributed by atoms with Gasteiger partial charge in [-0.1, -0.05) is 60.7 Å². The van der Waals surface area contributed by atoms with Crippen molar-refractivity contribution in [1.29, 1.82) is 0 Å². The minimum atomic E-state index is -4.06. The summed E-state index contributed by atoms with van der Waals surface area (Å²) in [4.78, 5) is 0. The third-order valence-electron chi connectivity index (χ3n) is 6.87. The number of rotatable bonds is 12. The van der Waals surface area contributed by atoms with E-state index in [2.05, 4.69) is 0 Å². The van der Waals surface area contributed by atoms with Gasteiger partial charge in [0.15, 0.2) is 33.0 Å². The zero-order chi connectivity index (χ0) is 31.0. The highest BCUT2D eigenvalue weighted by Crippen LogP contribution is 2.38. The molecular weight excluding hydrogens is 574 g/mol. The van der Waals surface area contributed by atoms with Crippen LogP contribution in [0.3, 0.4) is 0 Å². The number of hydrogen-bond donors (Lipinski definition) is 0. The lowest BCUT2D eigenvalue weighted by molar-refractivity contribution is 0.386. The van der Waals surface area contributed by atoms with E-state index in [9.17, 15) is 17.2 Å². The van der Waals surface area contributed by atoms with Gasteiger partial charge in [-0.05, 0) is 70.8 Å². The summed E-state index contributed by atoms with van der Waals surface area (Å²) in [5.74, 6) is 0.176. The summed E-state index contributed by atoms with van der Waals surface area (Å²) in [6, 6.07) is 22.1. The van der Waals surface area contributed by atoms with Crippen molar-refractivity contribution < 1.29 is 36.1 Å². The van der Waals surface area contributed by atoms with Crippen LogP contribution in [0.25, 0.3) is 12.2 Å². The number of benzene rings is 4. The van der Waals surface area contributed by atoms with Gasteiger partial charge < -0.3 is 18.9 Å². The first kappa shape index (κ1) is 31.3. The zero-order valence-electron chi connectivity index (χ0n) is 24.2. The Balaban J connectivity index is 1.85. The molecule has 0 bridgehead atoms. The predicted octanol–water partition coefficient (Wildman–Crippen LogP) is 7.62. The smallest absolute Gasteiger partial charge is 0.171 e. The Labute approximate surface area is 250 Å². The highest BCUT2D eigenvalue weighted by Gasteiger charge is 2.33. The molecule has 4 aromatic rings. The second kappa shape index (κ2) is 14.0. The molecule has 0 radical (unpaired) electrons. The Kier molecular flexibility index (Phi) is 10.2. The molecular formula is C34H32F2O6S. The Bertz CT molecular complexity index is 1580. The quantitative estimate of drug-likeness (QED) is 0.165. The van der Waals surface area contributed by atoms with Crippen LogP contribution in [0.5, 0.6) is 23.0 Å². The van der Waals surface area contributed by atoms with Gasteiger partial charge in [0.2, 0.25) is 0 Å². The van der Waals surface area contributed by atoms with Crippen molar-refractivity contribution in [3.63, 3.8) is 0 Å². The summed E-state index contributed by atoms with van der Waals surface area (Å²) < 4.78 is 78.0. The van der Waals surface area contributed by atoms with Crippen molar-refractivity contribution in [2.24, 2.45) is 0 Å². The maximum absolute atomic E-state index is 14.6. The van der Waals surface area contributed by atoms with E-state index < -0.39 is 32.0 Å². The second-order valence-corrected chi connectivity index (χ2v) is 11.7. The Hall–Kier alpha value is -4.63. The van der Waals surface area contributed by atoms with Gasteiger partial charge in [0.25, 0.3) is 0 Å². The summed E-state index contributed by atoms with van der Waals surface area (Å²) in [5.41, 5.74) is 2.12. The fraction of sp³-hybridized carbons (Fsp3) is 0.176. The van der Waals surface area contributed by atoms with Gasteiger partial charge in [0.05, 0.1) is 28.4 Å². The highest BCUT2D eigenvalue weighted by atomic mass is 32.2. The average Bonchev–Trinajstić information content (AvgIpc) is 3.03. The molecule has 0 amide bonds. The summed E-state index contributed by atoms with van der Waals surface area (Å²) in [5, 5.41) is -2.23. The van der Waals surface area contributed by atoms with Crippen molar-refractivity contribution in [2.75, 3.05) is 28.4 Å². The Morgan fingerprint density at radius 2 is 0.930 bits per heavy atom. The van der Waals surface area contributed by atoms with E-state index in [4.69, 9.17) is 18.9 Å². The molecule has 0 aliphatic rings. The molecule has 0 aliphatic carbocycles. The molecule has 4 rings (SSSR count). The highest BCUT2D eigenvalue weighted by molar-refractivity contribution is 7.92. The lowest BCUT2D eigenvalue weighted by Gasteiger charge is -2.22. The van der Waals surface area contributed by atoms with E-state index in [-0.39, 0.29) is 11.5 Å². The minimum Gasteiger partial charge on any atom is -0.497 e. The average molecular weight is 607 g/mol. The van der Waals surface area contributed by atoms with Gasteiger partial charge in [0, 0.05) is 0 Å². The van der Waals surface area contributed by atoms with Crippen LogP contribution in [-0.2, 0) is 9.84 Å². The van der Waals surface area contributed by atoms with Crippen molar-refractivity contribution >= 4 is 22.0 Å². The van der Waals surface area contributed by atoms with Gasteiger partial charge in [0.1, 0.15) is 22.0 Å². The molecule has 0 fully saturated rings.